The first-order valence-electron chi connectivity index (χ1n) is 7.42. The Morgan fingerprint density at radius 1 is 1.13 bits per heavy atom. The smallest absolute Gasteiger partial charge is 0.128 e. The van der Waals surface area contributed by atoms with Gasteiger partial charge in [0.15, 0.2) is 0 Å². The van der Waals surface area contributed by atoms with Crippen LogP contribution in [0.3, 0.4) is 0 Å². The first-order valence-corrected chi connectivity index (χ1v) is 7.42. The van der Waals surface area contributed by atoms with Crippen molar-refractivity contribution in [2.75, 3.05) is 14.2 Å². The monoisotopic (exact) mass is 319 g/mol. The van der Waals surface area contributed by atoms with Crippen LogP contribution in [-0.4, -0.2) is 19.3 Å². The lowest BCUT2D eigenvalue weighted by molar-refractivity contribution is 0.275. The van der Waals surface area contributed by atoms with Gasteiger partial charge in [0.1, 0.15) is 17.3 Å². The summed E-state index contributed by atoms with van der Waals surface area (Å²) in [6.07, 6.45) is 0. The molecule has 0 aliphatic carbocycles. The lowest BCUT2D eigenvalue weighted by Crippen LogP contribution is -2.19. The maximum absolute atomic E-state index is 13.4. The number of benzene rings is 2. The van der Waals surface area contributed by atoms with E-state index in [1.54, 1.807) is 26.4 Å². The molecule has 1 unspecified atom stereocenters. The van der Waals surface area contributed by atoms with Crippen molar-refractivity contribution >= 4 is 0 Å². The van der Waals surface area contributed by atoms with Crippen molar-refractivity contribution in [1.29, 1.82) is 0 Å². The van der Waals surface area contributed by atoms with Gasteiger partial charge < -0.3 is 19.9 Å². The maximum Gasteiger partial charge on any atom is 0.128 e. The molecule has 2 rings (SSSR count). The summed E-state index contributed by atoms with van der Waals surface area (Å²) in [4.78, 5) is 0. The van der Waals surface area contributed by atoms with Gasteiger partial charge in [-0.15, -0.1) is 0 Å². The molecular formula is C18H22FNO3. The highest BCUT2D eigenvalue weighted by Crippen LogP contribution is 2.29. The van der Waals surface area contributed by atoms with E-state index in [4.69, 9.17) is 14.6 Å². The van der Waals surface area contributed by atoms with Crippen molar-refractivity contribution in [1.82, 2.24) is 5.32 Å². The second kappa shape index (κ2) is 7.94. The standard InChI is InChI=1S/C18H22FNO3/c1-12(16-6-5-15(22-2)9-18(16)23-3)20-10-13-4-7-17(19)14(8-13)11-21/h4-9,12,20-21H,10-11H2,1-3H3. The summed E-state index contributed by atoms with van der Waals surface area (Å²) in [6, 6.07) is 10.5. The van der Waals surface area contributed by atoms with E-state index >= 15 is 0 Å². The molecule has 0 aliphatic rings. The van der Waals surface area contributed by atoms with Crippen molar-refractivity contribution in [3.63, 3.8) is 0 Å². The second-order valence-corrected chi connectivity index (χ2v) is 5.29. The number of halogens is 1. The molecule has 23 heavy (non-hydrogen) atoms. The molecule has 0 aliphatic heterocycles. The Morgan fingerprint density at radius 2 is 1.91 bits per heavy atom. The topological polar surface area (TPSA) is 50.7 Å². The van der Waals surface area contributed by atoms with Crippen LogP contribution >= 0.6 is 0 Å². The van der Waals surface area contributed by atoms with Crippen molar-refractivity contribution in [2.45, 2.75) is 26.1 Å². The zero-order chi connectivity index (χ0) is 16.8. The highest BCUT2D eigenvalue weighted by molar-refractivity contribution is 5.42. The second-order valence-electron chi connectivity index (χ2n) is 5.29. The van der Waals surface area contributed by atoms with Gasteiger partial charge in [0.05, 0.1) is 20.8 Å². The Hall–Kier alpha value is -2.11. The van der Waals surface area contributed by atoms with E-state index < -0.39 is 0 Å². The summed E-state index contributed by atoms with van der Waals surface area (Å²) in [6.45, 7) is 2.28. The molecule has 0 radical (unpaired) electrons. The van der Waals surface area contributed by atoms with E-state index in [9.17, 15) is 4.39 Å². The third-order valence-corrected chi connectivity index (χ3v) is 3.80. The molecule has 0 saturated heterocycles. The average molecular weight is 319 g/mol. The van der Waals surface area contributed by atoms with E-state index in [2.05, 4.69) is 5.32 Å². The minimum absolute atomic E-state index is 0.0403. The van der Waals surface area contributed by atoms with Crippen LogP contribution in [0.2, 0.25) is 0 Å². The van der Waals surface area contributed by atoms with Crippen LogP contribution in [0.25, 0.3) is 0 Å². The predicted octanol–water partition coefficient (Wildman–Crippen LogP) is 3.19. The summed E-state index contributed by atoms with van der Waals surface area (Å²) in [5.74, 6) is 1.10. The first-order chi connectivity index (χ1) is 11.1. The van der Waals surface area contributed by atoms with Gasteiger partial charge in [-0.2, -0.15) is 0 Å². The summed E-state index contributed by atoms with van der Waals surface area (Å²) in [5.41, 5.74) is 2.23. The summed E-state index contributed by atoms with van der Waals surface area (Å²) < 4.78 is 24.0. The van der Waals surface area contributed by atoms with Crippen LogP contribution in [0, 0.1) is 5.82 Å². The Bertz CT molecular complexity index is 661. The molecule has 0 amide bonds. The highest BCUT2D eigenvalue weighted by Gasteiger charge is 2.12. The van der Waals surface area contributed by atoms with Gasteiger partial charge in [-0.05, 0) is 30.7 Å². The molecule has 0 aromatic heterocycles. The molecule has 2 aromatic rings. The molecule has 5 heteroatoms. The van der Waals surface area contributed by atoms with Crippen LogP contribution in [-0.2, 0) is 13.2 Å². The van der Waals surface area contributed by atoms with Crippen LogP contribution in [0.1, 0.15) is 29.7 Å². The van der Waals surface area contributed by atoms with Crippen molar-refractivity contribution < 1.29 is 19.0 Å². The Morgan fingerprint density at radius 3 is 2.57 bits per heavy atom. The van der Waals surface area contributed by atoms with E-state index in [-0.39, 0.29) is 18.5 Å². The van der Waals surface area contributed by atoms with E-state index in [1.807, 2.05) is 25.1 Å². The molecule has 4 nitrogen and oxygen atoms in total. The quantitative estimate of drug-likeness (QED) is 0.823. The van der Waals surface area contributed by atoms with Crippen molar-refractivity contribution in [3.8, 4) is 11.5 Å². The zero-order valence-electron chi connectivity index (χ0n) is 13.6. The number of aliphatic hydroxyl groups excluding tert-OH is 1. The van der Waals surface area contributed by atoms with Crippen molar-refractivity contribution in [3.05, 3.63) is 58.9 Å². The number of nitrogens with one attached hydrogen (secondary N) is 1. The van der Waals surface area contributed by atoms with E-state index in [0.29, 0.717) is 12.1 Å². The number of ether oxygens (including phenoxy) is 2. The van der Waals surface area contributed by atoms with Gasteiger partial charge in [-0.3, -0.25) is 0 Å². The molecular weight excluding hydrogens is 297 g/mol. The fourth-order valence-electron chi connectivity index (χ4n) is 2.42. The molecule has 1 atom stereocenters. The fraction of sp³-hybridized carbons (Fsp3) is 0.333. The molecule has 2 N–H and O–H groups in total. The summed E-state index contributed by atoms with van der Waals surface area (Å²) >= 11 is 0. The third kappa shape index (κ3) is 4.21. The molecule has 0 saturated carbocycles. The van der Waals surface area contributed by atoms with Crippen LogP contribution < -0.4 is 14.8 Å². The molecule has 0 bridgehead atoms. The van der Waals surface area contributed by atoms with Crippen LogP contribution in [0.15, 0.2) is 36.4 Å². The van der Waals surface area contributed by atoms with Gasteiger partial charge in [0.2, 0.25) is 0 Å². The van der Waals surface area contributed by atoms with E-state index in [0.717, 1.165) is 22.6 Å². The number of hydrogen-bond donors (Lipinski definition) is 2. The minimum atomic E-state index is -0.388. The predicted molar refractivity (Wildman–Crippen MR) is 87.1 cm³/mol. The zero-order valence-corrected chi connectivity index (χ0v) is 13.6. The van der Waals surface area contributed by atoms with Gasteiger partial charge in [0.25, 0.3) is 0 Å². The lowest BCUT2D eigenvalue weighted by Gasteiger charge is -2.18. The van der Waals surface area contributed by atoms with Crippen LogP contribution in [0.5, 0.6) is 11.5 Å². The lowest BCUT2D eigenvalue weighted by atomic mass is 10.1. The molecule has 0 spiro atoms. The molecule has 0 fully saturated rings. The normalized spacial score (nSPS) is 12.0. The third-order valence-electron chi connectivity index (χ3n) is 3.80. The largest absolute Gasteiger partial charge is 0.497 e. The molecule has 2 aromatic carbocycles. The Kier molecular flexibility index (Phi) is 5.96. The molecule has 0 heterocycles. The maximum atomic E-state index is 13.4. The summed E-state index contributed by atoms with van der Waals surface area (Å²) in [7, 11) is 3.24. The van der Waals surface area contributed by atoms with Gasteiger partial charge in [0, 0.05) is 29.8 Å². The van der Waals surface area contributed by atoms with Gasteiger partial charge >= 0.3 is 0 Å². The minimum Gasteiger partial charge on any atom is -0.497 e. The number of methoxy groups -OCH3 is 2. The number of aliphatic hydroxyl groups is 1. The number of rotatable bonds is 7. The average Bonchev–Trinajstić information content (AvgIpc) is 2.60. The van der Waals surface area contributed by atoms with Crippen LogP contribution in [0.4, 0.5) is 4.39 Å². The summed E-state index contributed by atoms with van der Waals surface area (Å²) in [5, 5.41) is 12.5. The van der Waals surface area contributed by atoms with Gasteiger partial charge in [-0.25, -0.2) is 4.39 Å². The first kappa shape index (κ1) is 17.2. The van der Waals surface area contributed by atoms with E-state index in [1.165, 1.54) is 6.07 Å². The van der Waals surface area contributed by atoms with Gasteiger partial charge in [-0.1, -0.05) is 12.1 Å². The Labute approximate surface area is 135 Å². The SMILES string of the molecule is COc1ccc(C(C)NCc2ccc(F)c(CO)c2)c(OC)c1. The fourth-order valence-corrected chi connectivity index (χ4v) is 2.42. The highest BCUT2D eigenvalue weighted by atomic mass is 19.1. The number of hydrogen-bond acceptors (Lipinski definition) is 4. The van der Waals surface area contributed by atoms with Crippen molar-refractivity contribution in [2.24, 2.45) is 0 Å². The molecule has 124 valence electrons. The Balaban J connectivity index is 2.09.